The maximum Gasteiger partial charge on any atom is 0.206 e. The van der Waals surface area contributed by atoms with Gasteiger partial charge >= 0.3 is 0 Å². The summed E-state index contributed by atoms with van der Waals surface area (Å²) in [6, 6.07) is 0. The number of piperidine rings is 2. The van der Waals surface area contributed by atoms with Crippen molar-refractivity contribution in [3.63, 3.8) is 0 Å². The Morgan fingerprint density at radius 3 is 1.70 bits per heavy atom. The van der Waals surface area contributed by atoms with Crippen LogP contribution >= 0.6 is 0 Å². The Bertz CT molecular complexity index is 408. The highest BCUT2D eigenvalue weighted by atomic mass is 32.2. The van der Waals surface area contributed by atoms with Gasteiger partial charge in [-0.1, -0.05) is 0 Å². The van der Waals surface area contributed by atoms with Crippen LogP contribution in [0.5, 0.6) is 0 Å². The minimum atomic E-state index is -2.92. The average Bonchev–Trinajstić information content (AvgIpc) is 2.37. The first-order valence-electron chi connectivity index (χ1n) is 8.20. The largest absolute Gasteiger partial charge is 0.325 e. The van der Waals surface area contributed by atoms with Crippen LogP contribution in [0.1, 0.15) is 38.5 Å². The molecule has 4 nitrogen and oxygen atoms in total. The minimum Gasteiger partial charge on any atom is -0.325 e. The van der Waals surface area contributed by atoms with Crippen molar-refractivity contribution in [2.45, 2.75) is 38.5 Å². The summed E-state index contributed by atoms with van der Waals surface area (Å²) < 4.78 is 26.6. The Hall–Kier alpha value is -0.130. The molecule has 0 N–H and O–H groups in total. The molecule has 2 rings (SSSR count). The first-order chi connectivity index (χ1) is 9.33. The van der Waals surface area contributed by atoms with Crippen LogP contribution in [0, 0.1) is 0 Å². The zero-order chi connectivity index (χ0) is 14.7. The SMILES string of the molecule is C[N+]1(CCS(=O)(=O)C[N+]2(C)CCCCC2)CCCCC1. The third-order valence-corrected chi connectivity index (χ3v) is 7.06. The van der Waals surface area contributed by atoms with Crippen LogP contribution in [-0.2, 0) is 9.84 Å². The first kappa shape index (κ1) is 16.2. The molecule has 0 aliphatic carbocycles. The summed E-state index contributed by atoms with van der Waals surface area (Å²) >= 11 is 0. The Morgan fingerprint density at radius 1 is 0.750 bits per heavy atom. The Morgan fingerprint density at radius 2 is 1.20 bits per heavy atom. The van der Waals surface area contributed by atoms with Crippen molar-refractivity contribution < 1.29 is 17.4 Å². The normalized spacial score (nSPS) is 26.3. The maximum absolute atomic E-state index is 12.5. The van der Waals surface area contributed by atoms with Crippen LogP contribution < -0.4 is 0 Å². The van der Waals surface area contributed by atoms with E-state index in [0.29, 0.717) is 11.6 Å². The number of likely N-dealkylation sites (tertiary alicyclic amines) is 2. The van der Waals surface area contributed by atoms with Crippen molar-refractivity contribution in [3.8, 4) is 0 Å². The molecule has 2 aliphatic rings. The lowest BCUT2D eigenvalue weighted by atomic mass is 10.1. The topological polar surface area (TPSA) is 34.1 Å². The molecule has 0 bridgehead atoms. The Kier molecular flexibility index (Phi) is 5.14. The van der Waals surface area contributed by atoms with Crippen LogP contribution in [0.3, 0.4) is 0 Å². The van der Waals surface area contributed by atoms with Crippen molar-refractivity contribution >= 4 is 9.84 Å². The molecule has 0 amide bonds. The molecule has 2 saturated heterocycles. The molecule has 0 aromatic heterocycles. The molecule has 118 valence electrons. The molecule has 20 heavy (non-hydrogen) atoms. The van der Waals surface area contributed by atoms with Gasteiger partial charge in [-0.15, -0.1) is 0 Å². The lowest BCUT2D eigenvalue weighted by molar-refractivity contribution is -0.912. The average molecular weight is 305 g/mol. The number of rotatable bonds is 5. The zero-order valence-electron chi connectivity index (χ0n) is 13.3. The number of hydrogen-bond acceptors (Lipinski definition) is 2. The van der Waals surface area contributed by atoms with Gasteiger partial charge in [0.05, 0.1) is 46.8 Å². The highest BCUT2D eigenvalue weighted by Crippen LogP contribution is 2.19. The third-order valence-electron chi connectivity index (χ3n) is 5.24. The molecule has 0 radical (unpaired) electrons. The molecule has 5 heteroatoms. The smallest absolute Gasteiger partial charge is 0.206 e. The molecule has 0 atom stereocenters. The van der Waals surface area contributed by atoms with E-state index in [2.05, 4.69) is 14.1 Å². The van der Waals surface area contributed by atoms with Gasteiger partial charge < -0.3 is 8.97 Å². The summed E-state index contributed by atoms with van der Waals surface area (Å²) in [5.41, 5.74) is 0. The Balaban J connectivity index is 1.87. The van der Waals surface area contributed by atoms with Gasteiger partial charge in [0.1, 0.15) is 5.75 Å². The summed E-state index contributed by atoms with van der Waals surface area (Å²) in [4.78, 5) is 0. The second-order valence-electron chi connectivity index (χ2n) is 7.56. The van der Waals surface area contributed by atoms with E-state index >= 15 is 0 Å². The first-order valence-corrected chi connectivity index (χ1v) is 10.0. The molecule has 0 spiro atoms. The second-order valence-corrected chi connectivity index (χ2v) is 9.71. The molecular formula is C15H32N2O2S+2. The number of quaternary nitrogens is 2. The fourth-order valence-electron chi connectivity index (χ4n) is 3.80. The van der Waals surface area contributed by atoms with Crippen molar-refractivity contribution in [1.29, 1.82) is 0 Å². The zero-order valence-corrected chi connectivity index (χ0v) is 14.1. The summed E-state index contributed by atoms with van der Waals surface area (Å²) in [6.07, 6.45) is 7.45. The predicted octanol–water partition coefficient (Wildman–Crippen LogP) is 1.62. The summed E-state index contributed by atoms with van der Waals surface area (Å²) in [6.45, 7) is 5.18. The van der Waals surface area contributed by atoms with Crippen LogP contribution in [0.25, 0.3) is 0 Å². The molecular weight excluding hydrogens is 272 g/mol. The Labute approximate surface area is 124 Å². The van der Waals surface area contributed by atoms with Gasteiger partial charge in [0.2, 0.25) is 9.84 Å². The number of nitrogens with zero attached hydrogens (tertiary/aromatic N) is 2. The van der Waals surface area contributed by atoms with E-state index in [1.54, 1.807) is 0 Å². The highest BCUT2D eigenvalue weighted by molar-refractivity contribution is 7.91. The van der Waals surface area contributed by atoms with E-state index in [0.717, 1.165) is 41.7 Å². The van der Waals surface area contributed by atoms with E-state index < -0.39 is 9.84 Å². The lowest BCUT2D eigenvalue weighted by Crippen LogP contribution is -2.54. The fourth-order valence-corrected chi connectivity index (χ4v) is 5.86. The molecule has 0 aromatic rings. The monoisotopic (exact) mass is 304 g/mol. The van der Waals surface area contributed by atoms with E-state index in [4.69, 9.17) is 0 Å². The van der Waals surface area contributed by atoms with Crippen molar-refractivity contribution in [2.75, 3.05) is 58.4 Å². The lowest BCUT2D eigenvalue weighted by Gasteiger charge is -2.39. The third kappa shape index (κ3) is 4.71. The summed E-state index contributed by atoms with van der Waals surface area (Å²) in [7, 11) is 1.43. The molecule has 2 aliphatic heterocycles. The van der Waals surface area contributed by atoms with E-state index in [9.17, 15) is 8.42 Å². The molecule has 2 heterocycles. The summed E-state index contributed by atoms with van der Waals surface area (Å²) in [5.74, 6) is 0.727. The van der Waals surface area contributed by atoms with Crippen LogP contribution in [0.4, 0.5) is 0 Å². The fraction of sp³-hybridized carbons (Fsp3) is 1.00. The van der Waals surface area contributed by atoms with Crippen LogP contribution in [-0.4, -0.2) is 75.8 Å². The van der Waals surface area contributed by atoms with Gasteiger partial charge in [-0.2, -0.15) is 0 Å². The molecule has 0 unspecified atom stereocenters. The van der Waals surface area contributed by atoms with Gasteiger partial charge in [-0.05, 0) is 38.5 Å². The van der Waals surface area contributed by atoms with E-state index in [1.807, 2.05) is 0 Å². The predicted molar refractivity (Wildman–Crippen MR) is 83.1 cm³/mol. The quantitative estimate of drug-likeness (QED) is 0.723. The van der Waals surface area contributed by atoms with Crippen molar-refractivity contribution in [2.24, 2.45) is 0 Å². The standard InChI is InChI=1S/C15H32N2O2S/c1-16(9-5-3-6-10-16)13-14-20(18,19)15-17(2)11-7-4-8-12-17/h3-15H2,1-2H3/q+2. The van der Waals surface area contributed by atoms with Crippen LogP contribution in [0.15, 0.2) is 0 Å². The van der Waals surface area contributed by atoms with E-state index in [1.165, 1.54) is 38.5 Å². The van der Waals surface area contributed by atoms with Gasteiger partial charge in [-0.3, -0.25) is 0 Å². The highest BCUT2D eigenvalue weighted by Gasteiger charge is 2.33. The molecule has 2 fully saturated rings. The number of hydrogen-bond donors (Lipinski definition) is 0. The van der Waals surface area contributed by atoms with Gasteiger partial charge in [0, 0.05) is 0 Å². The molecule has 0 aromatic carbocycles. The summed E-state index contributed by atoms with van der Waals surface area (Å²) in [5, 5.41) is 0. The van der Waals surface area contributed by atoms with Gasteiger partial charge in [0.25, 0.3) is 0 Å². The van der Waals surface area contributed by atoms with Crippen molar-refractivity contribution in [3.05, 3.63) is 0 Å². The van der Waals surface area contributed by atoms with Crippen molar-refractivity contribution in [1.82, 2.24) is 0 Å². The van der Waals surface area contributed by atoms with Gasteiger partial charge in [0.15, 0.2) is 5.88 Å². The maximum atomic E-state index is 12.5. The number of sulfone groups is 1. The minimum absolute atomic E-state index is 0.354. The second kappa shape index (κ2) is 6.32. The van der Waals surface area contributed by atoms with Crippen LogP contribution in [0.2, 0.25) is 0 Å². The van der Waals surface area contributed by atoms with E-state index in [-0.39, 0.29) is 0 Å². The molecule has 0 saturated carbocycles. The van der Waals surface area contributed by atoms with Gasteiger partial charge in [-0.25, -0.2) is 8.42 Å².